The highest BCUT2D eigenvalue weighted by Gasteiger charge is 2.32. The zero-order valence-electron chi connectivity index (χ0n) is 18.1. The summed E-state index contributed by atoms with van der Waals surface area (Å²) in [6.45, 7) is 0. The number of carbonyl (C=O) groups is 3. The van der Waals surface area contributed by atoms with Crippen LogP contribution in [0.5, 0.6) is 17.2 Å². The monoisotopic (exact) mass is 459 g/mol. The van der Waals surface area contributed by atoms with Gasteiger partial charge in [0.2, 0.25) is 5.75 Å². The van der Waals surface area contributed by atoms with Crippen LogP contribution in [0.2, 0.25) is 0 Å². The summed E-state index contributed by atoms with van der Waals surface area (Å²) in [4.78, 5) is 47.8. The van der Waals surface area contributed by atoms with E-state index < -0.39 is 16.6 Å². The largest absolute Gasteiger partial charge is 0.493 e. The number of benzene rings is 3. The van der Waals surface area contributed by atoms with Gasteiger partial charge >= 0.3 is 11.7 Å². The SMILES string of the molecule is COC(=O)c1ccc(Oc2ccc(C=C3C(=O)c4ccccc4C3=O)cc2OC)c([N+](=O)[O-])c1. The normalized spacial score (nSPS) is 12.2. The molecular formula is C25H17NO8. The number of methoxy groups -OCH3 is 2. The molecule has 1 aliphatic rings. The lowest BCUT2D eigenvalue weighted by molar-refractivity contribution is -0.385. The minimum absolute atomic E-state index is 0.00221. The highest BCUT2D eigenvalue weighted by Crippen LogP contribution is 2.38. The molecule has 0 heterocycles. The topological polar surface area (TPSA) is 122 Å². The third kappa shape index (κ3) is 4.02. The molecule has 1 aliphatic carbocycles. The van der Waals surface area contributed by atoms with Crippen molar-refractivity contribution in [3.05, 3.63) is 98.6 Å². The second-order valence-electron chi connectivity index (χ2n) is 7.21. The number of fused-ring (bicyclic) bond motifs is 1. The molecule has 0 bridgehead atoms. The first-order chi connectivity index (χ1) is 16.3. The second-order valence-corrected chi connectivity index (χ2v) is 7.21. The Morgan fingerprint density at radius 2 is 1.53 bits per heavy atom. The van der Waals surface area contributed by atoms with Gasteiger partial charge in [-0.25, -0.2) is 4.79 Å². The van der Waals surface area contributed by atoms with Gasteiger partial charge in [-0.05, 0) is 35.9 Å². The van der Waals surface area contributed by atoms with Crippen LogP contribution in [0.15, 0.2) is 66.2 Å². The van der Waals surface area contributed by atoms with E-state index in [0.717, 1.165) is 6.07 Å². The summed E-state index contributed by atoms with van der Waals surface area (Å²) < 4.78 is 15.6. The Morgan fingerprint density at radius 3 is 2.12 bits per heavy atom. The zero-order valence-corrected chi connectivity index (χ0v) is 18.1. The number of nitrogens with zero attached hydrogens (tertiary/aromatic N) is 1. The Bertz CT molecular complexity index is 1350. The number of nitro benzene ring substituents is 1. The lowest BCUT2D eigenvalue weighted by Gasteiger charge is -2.12. The van der Waals surface area contributed by atoms with Crippen molar-refractivity contribution in [3.8, 4) is 17.2 Å². The van der Waals surface area contributed by atoms with E-state index in [2.05, 4.69) is 4.74 Å². The van der Waals surface area contributed by atoms with Gasteiger partial charge in [-0.2, -0.15) is 0 Å². The smallest absolute Gasteiger partial charge is 0.338 e. The standard InChI is InChI=1S/C25H17NO8/c1-32-22-12-14(11-18-23(27)16-5-3-4-6-17(16)24(18)28)7-9-21(22)34-20-10-8-15(25(29)33-2)13-19(20)26(30)31/h3-13H,1-2H3. The summed E-state index contributed by atoms with van der Waals surface area (Å²) in [6, 6.07) is 14.9. The van der Waals surface area contributed by atoms with Crippen molar-refractivity contribution in [2.45, 2.75) is 0 Å². The van der Waals surface area contributed by atoms with Crippen LogP contribution in [0.4, 0.5) is 5.69 Å². The van der Waals surface area contributed by atoms with E-state index in [-0.39, 0.29) is 40.0 Å². The molecule has 9 heteroatoms. The van der Waals surface area contributed by atoms with Crippen molar-refractivity contribution >= 4 is 29.3 Å². The molecule has 0 saturated carbocycles. The number of carbonyl (C=O) groups excluding carboxylic acids is 3. The molecule has 0 amide bonds. The molecule has 3 aromatic rings. The number of nitro groups is 1. The van der Waals surface area contributed by atoms with E-state index >= 15 is 0 Å². The fraction of sp³-hybridized carbons (Fsp3) is 0.0800. The summed E-state index contributed by atoms with van der Waals surface area (Å²) in [5.74, 6) is -1.18. The van der Waals surface area contributed by atoms with Crippen LogP contribution in [0, 0.1) is 10.1 Å². The average Bonchev–Trinajstić information content (AvgIpc) is 3.09. The number of esters is 1. The van der Waals surface area contributed by atoms with Crippen molar-refractivity contribution in [2.24, 2.45) is 0 Å². The molecule has 0 fully saturated rings. The number of hydrogen-bond acceptors (Lipinski definition) is 8. The Morgan fingerprint density at radius 1 is 0.882 bits per heavy atom. The predicted molar refractivity (Wildman–Crippen MR) is 121 cm³/mol. The van der Waals surface area contributed by atoms with Gasteiger partial charge in [-0.15, -0.1) is 0 Å². The Balaban J connectivity index is 1.66. The van der Waals surface area contributed by atoms with Gasteiger partial charge in [-0.3, -0.25) is 19.7 Å². The second kappa shape index (κ2) is 8.99. The number of ether oxygens (including phenoxy) is 3. The maximum absolute atomic E-state index is 12.6. The molecule has 0 N–H and O–H groups in total. The van der Waals surface area contributed by atoms with Crippen LogP contribution in [-0.4, -0.2) is 36.7 Å². The van der Waals surface area contributed by atoms with Crippen molar-refractivity contribution in [1.82, 2.24) is 0 Å². The summed E-state index contributed by atoms with van der Waals surface area (Å²) >= 11 is 0. The molecule has 0 atom stereocenters. The van der Waals surface area contributed by atoms with Gasteiger partial charge in [0.05, 0.1) is 30.3 Å². The van der Waals surface area contributed by atoms with Crippen molar-refractivity contribution < 1.29 is 33.5 Å². The highest BCUT2D eigenvalue weighted by molar-refractivity contribution is 6.41. The Labute approximate surface area is 193 Å². The molecule has 170 valence electrons. The molecule has 0 radical (unpaired) electrons. The summed E-state index contributed by atoms with van der Waals surface area (Å²) in [5.41, 5.74) is 0.815. The van der Waals surface area contributed by atoms with Crippen LogP contribution in [0.1, 0.15) is 36.6 Å². The minimum Gasteiger partial charge on any atom is -0.493 e. The molecule has 4 rings (SSSR count). The molecule has 0 unspecified atom stereocenters. The first-order valence-electron chi connectivity index (χ1n) is 9.96. The molecular weight excluding hydrogens is 442 g/mol. The van der Waals surface area contributed by atoms with E-state index in [1.165, 1.54) is 38.5 Å². The number of hydrogen-bond donors (Lipinski definition) is 0. The summed E-state index contributed by atoms with van der Waals surface area (Å²) in [5, 5.41) is 11.5. The lowest BCUT2D eigenvalue weighted by atomic mass is 10.1. The van der Waals surface area contributed by atoms with E-state index in [4.69, 9.17) is 9.47 Å². The van der Waals surface area contributed by atoms with Gasteiger partial charge in [-0.1, -0.05) is 30.3 Å². The summed E-state index contributed by atoms with van der Waals surface area (Å²) in [7, 11) is 2.56. The van der Waals surface area contributed by atoms with E-state index in [1.807, 2.05) is 0 Å². The fourth-order valence-electron chi connectivity index (χ4n) is 3.54. The van der Waals surface area contributed by atoms with Gasteiger partial charge in [0.15, 0.2) is 23.1 Å². The van der Waals surface area contributed by atoms with Crippen molar-refractivity contribution in [3.63, 3.8) is 0 Å². The maximum Gasteiger partial charge on any atom is 0.338 e. The Kier molecular flexibility index (Phi) is 5.92. The van der Waals surface area contributed by atoms with E-state index in [9.17, 15) is 24.5 Å². The van der Waals surface area contributed by atoms with Gasteiger partial charge < -0.3 is 14.2 Å². The molecule has 0 spiro atoms. The highest BCUT2D eigenvalue weighted by atomic mass is 16.6. The first-order valence-corrected chi connectivity index (χ1v) is 9.96. The molecule has 0 aromatic heterocycles. The van der Waals surface area contributed by atoms with Crippen LogP contribution < -0.4 is 9.47 Å². The van der Waals surface area contributed by atoms with Gasteiger partial charge in [0, 0.05) is 17.2 Å². The Hall–Kier alpha value is -4.79. The third-order valence-electron chi connectivity index (χ3n) is 5.20. The van der Waals surface area contributed by atoms with Crippen molar-refractivity contribution in [2.75, 3.05) is 14.2 Å². The van der Waals surface area contributed by atoms with Gasteiger partial charge in [0.25, 0.3) is 0 Å². The van der Waals surface area contributed by atoms with Crippen LogP contribution in [0.3, 0.4) is 0 Å². The first kappa shape index (κ1) is 22.4. The molecule has 0 aliphatic heterocycles. The minimum atomic E-state index is -0.720. The number of ketones is 2. The number of allylic oxidation sites excluding steroid dienone is 1. The zero-order chi connectivity index (χ0) is 24.4. The van der Waals surface area contributed by atoms with Crippen LogP contribution in [-0.2, 0) is 4.74 Å². The molecule has 0 saturated heterocycles. The fourth-order valence-corrected chi connectivity index (χ4v) is 3.54. The number of Topliss-reactive ketones (excluding diaryl/α,β-unsaturated/α-hetero) is 2. The van der Waals surface area contributed by atoms with Crippen LogP contribution in [0.25, 0.3) is 6.08 Å². The molecule has 3 aromatic carbocycles. The van der Waals surface area contributed by atoms with Crippen LogP contribution >= 0.6 is 0 Å². The lowest BCUT2D eigenvalue weighted by Crippen LogP contribution is -2.03. The average molecular weight is 459 g/mol. The molecule has 9 nitrogen and oxygen atoms in total. The number of rotatable bonds is 6. The molecule has 34 heavy (non-hydrogen) atoms. The van der Waals surface area contributed by atoms with Gasteiger partial charge in [0.1, 0.15) is 0 Å². The third-order valence-corrected chi connectivity index (χ3v) is 5.20. The quantitative estimate of drug-likeness (QED) is 0.172. The van der Waals surface area contributed by atoms with Crippen molar-refractivity contribution in [1.29, 1.82) is 0 Å². The summed E-state index contributed by atoms with van der Waals surface area (Å²) in [6.07, 6.45) is 1.46. The van der Waals surface area contributed by atoms with E-state index in [1.54, 1.807) is 36.4 Å². The predicted octanol–water partition coefficient (Wildman–Crippen LogP) is 4.64. The maximum atomic E-state index is 12.6. The van der Waals surface area contributed by atoms with E-state index in [0.29, 0.717) is 16.7 Å².